The quantitative estimate of drug-likeness (QED) is 0.779. The van der Waals surface area contributed by atoms with E-state index in [4.69, 9.17) is 9.47 Å². The lowest BCUT2D eigenvalue weighted by atomic mass is 10.1. The van der Waals surface area contributed by atoms with Gasteiger partial charge in [0.1, 0.15) is 12.3 Å². The Kier molecular flexibility index (Phi) is 5.01. The monoisotopic (exact) mass is 342 g/mol. The molecule has 2 heterocycles. The molecule has 132 valence electrons. The molecule has 0 N–H and O–H groups in total. The van der Waals surface area contributed by atoms with Crippen LogP contribution in [0.2, 0.25) is 0 Å². The Hall–Kier alpha value is -2.44. The third-order valence-electron chi connectivity index (χ3n) is 4.39. The van der Waals surface area contributed by atoms with E-state index in [9.17, 15) is 9.59 Å². The van der Waals surface area contributed by atoms with Gasteiger partial charge < -0.3 is 9.47 Å². The lowest BCUT2D eigenvalue weighted by molar-refractivity contribution is -0.0404. The van der Waals surface area contributed by atoms with Gasteiger partial charge in [-0.15, -0.1) is 0 Å². The first-order chi connectivity index (χ1) is 12.0. The second-order valence-electron chi connectivity index (χ2n) is 6.31. The van der Waals surface area contributed by atoms with Crippen molar-refractivity contribution in [2.45, 2.75) is 32.3 Å². The van der Waals surface area contributed by atoms with Crippen LogP contribution < -0.4 is 11.2 Å². The average Bonchev–Trinajstić information content (AvgIpc) is 2.98. The lowest BCUT2D eigenvalue weighted by Gasteiger charge is -2.17. The van der Waals surface area contributed by atoms with E-state index in [0.717, 1.165) is 15.7 Å². The number of ether oxygens (including phenoxy) is 2. The molecule has 0 unspecified atom stereocenters. The second-order valence-corrected chi connectivity index (χ2v) is 6.31. The summed E-state index contributed by atoms with van der Waals surface area (Å²) in [6.07, 6.45) is 1.35. The first kappa shape index (κ1) is 17.4. The largest absolute Gasteiger partial charge is 0.374 e. The van der Waals surface area contributed by atoms with E-state index in [2.05, 4.69) is 6.58 Å². The van der Waals surface area contributed by atoms with E-state index in [1.807, 2.05) is 30.3 Å². The number of nitrogens with zero attached hydrogens (tertiary/aromatic N) is 2. The number of aryl methyl sites for hydroxylation is 1. The van der Waals surface area contributed by atoms with Crippen LogP contribution in [0.5, 0.6) is 0 Å². The molecular weight excluding hydrogens is 320 g/mol. The van der Waals surface area contributed by atoms with Crippen molar-refractivity contribution >= 4 is 0 Å². The van der Waals surface area contributed by atoms with Crippen LogP contribution in [0.25, 0.3) is 0 Å². The van der Waals surface area contributed by atoms with Crippen LogP contribution >= 0.6 is 0 Å². The van der Waals surface area contributed by atoms with E-state index in [0.29, 0.717) is 25.2 Å². The fraction of sp³-hybridized carbons (Fsp3) is 0.368. The maximum atomic E-state index is 12.3. The molecule has 1 aromatic heterocycles. The highest BCUT2D eigenvalue weighted by molar-refractivity contribution is 5.14. The van der Waals surface area contributed by atoms with Crippen molar-refractivity contribution in [1.29, 1.82) is 0 Å². The molecule has 6 heteroatoms. The molecule has 2 aromatic rings. The molecule has 0 aliphatic carbocycles. The van der Waals surface area contributed by atoms with Crippen LogP contribution in [0.15, 0.2) is 58.3 Å². The third kappa shape index (κ3) is 3.65. The van der Waals surface area contributed by atoms with Gasteiger partial charge in [-0.25, -0.2) is 4.79 Å². The van der Waals surface area contributed by atoms with Crippen molar-refractivity contribution in [1.82, 2.24) is 9.13 Å². The Labute approximate surface area is 145 Å². The zero-order valence-electron chi connectivity index (χ0n) is 14.5. The van der Waals surface area contributed by atoms with Gasteiger partial charge in [-0.2, -0.15) is 0 Å². The SMILES string of the molecule is C=C1C[C@H](n2cc(C)c(=O)n(C)c2=O)O[C@H]1COCc1ccccc1. The van der Waals surface area contributed by atoms with Crippen molar-refractivity contribution in [2.24, 2.45) is 7.05 Å². The Balaban J connectivity index is 1.67. The van der Waals surface area contributed by atoms with Gasteiger partial charge in [0.15, 0.2) is 0 Å². The molecule has 25 heavy (non-hydrogen) atoms. The van der Waals surface area contributed by atoms with Gasteiger partial charge in [-0.3, -0.25) is 13.9 Å². The molecule has 6 nitrogen and oxygen atoms in total. The summed E-state index contributed by atoms with van der Waals surface area (Å²) in [7, 11) is 1.47. The minimum absolute atomic E-state index is 0.266. The van der Waals surface area contributed by atoms with Crippen molar-refractivity contribution in [2.75, 3.05) is 6.61 Å². The van der Waals surface area contributed by atoms with Crippen molar-refractivity contribution < 1.29 is 9.47 Å². The normalized spacial score (nSPS) is 20.2. The maximum Gasteiger partial charge on any atom is 0.332 e. The average molecular weight is 342 g/mol. The standard InChI is InChI=1S/C19H22N2O4/c1-13-9-17(21-10-14(2)18(22)20(3)19(21)23)25-16(13)12-24-11-15-7-5-4-6-8-15/h4-8,10,16-17H,1,9,11-12H2,2-3H3/t16-,17+/m0/s1. The van der Waals surface area contributed by atoms with Gasteiger partial charge in [0, 0.05) is 25.2 Å². The highest BCUT2D eigenvalue weighted by Crippen LogP contribution is 2.31. The Morgan fingerprint density at radius 1 is 1.28 bits per heavy atom. The molecule has 0 saturated carbocycles. The molecule has 1 fully saturated rings. The summed E-state index contributed by atoms with van der Waals surface area (Å²) >= 11 is 0. The zero-order chi connectivity index (χ0) is 18.0. The summed E-state index contributed by atoms with van der Waals surface area (Å²) in [5.41, 5.74) is 1.80. The van der Waals surface area contributed by atoms with Gasteiger partial charge in [0.25, 0.3) is 5.56 Å². The molecule has 0 spiro atoms. The fourth-order valence-electron chi connectivity index (χ4n) is 2.92. The predicted octanol–water partition coefficient (Wildman–Crippen LogP) is 1.92. The number of aromatic nitrogens is 2. The zero-order valence-corrected chi connectivity index (χ0v) is 14.5. The highest BCUT2D eigenvalue weighted by Gasteiger charge is 2.31. The smallest absolute Gasteiger partial charge is 0.332 e. The number of hydrogen-bond acceptors (Lipinski definition) is 4. The summed E-state index contributed by atoms with van der Waals surface area (Å²) < 4.78 is 14.2. The van der Waals surface area contributed by atoms with E-state index in [1.54, 1.807) is 13.1 Å². The molecule has 0 bridgehead atoms. The molecule has 2 atom stereocenters. The maximum absolute atomic E-state index is 12.3. The molecule has 0 radical (unpaired) electrons. The van der Waals surface area contributed by atoms with E-state index in [1.165, 1.54) is 11.6 Å². The summed E-state index contributed by atoms with van der Waals surface area (Å²) in [5.74, 6) is 0. The number of hydrogen-bond donors (Lipinski definition) is 0. The van der Waals surface area contributed by atoms with Crippen LogP contribution in [0.3, 0.4) is 0 Å². The Bertz CT molecular complexity index is 883. The van der Waals surface area contributed by atoms with Gasteiger partial charge in [-0.1, -0.05) is 36.9 Å². The van der Waals surface area contributed by atoms with Crippen LogP contribution in [-0.2, 0) is 23.1 Å². The van der Waals surface area contributed by atoms with Crippen LogP contribution in [-0.4, -0.2) is 21.8 Å². The lowest BCUT2D eigenvalue weighted by Crippen LogP contribution is -2.40. The van der Waals surface area contributed by atoms with Crippen molar-refractivity contribution in [3.05, 3.63) is 80.6 Å². The van der Waals surface area contributed by atoms with Crippen molar-refractivity contribution in [3.8, 4) is 0 Å². The number of rotatable bonds is 5. The topological polar surface area (TPSA) is 62.5 Å². The molecular formula is C19H22N2O4. The summed E-state index contributed by atoms with van der Waals surface area (Å²) in [6, 6.07) is 9.89. The first-order valence-corrected chi connectivity index (χ1v) is 8.21. The van der Waals surface area contributed by atoms with Crippen LogP contribution in [0, 0.1) is 6.92 Å². The van der Waals surface area contributed by atoms with Gasteiger partial charge >= 0.3 is 5.69 Å². The minimum atomic E-state index is -0.462. The Morgan fingerprint density at radius 3 is 2.72 bits per heavy atom. The number of benzene rings is 1. The molecule has 0 amide bonds. The fourth-order valence-corrected chi connectivity index (χ4v) is 2.92. The Morgan fingerprint density at radius 2 is 2.00 bits per heavy atom. The third-order valence-corrected chi connectivity index (χ3v) is 4.39. The van der Waals surface area contributed by atoms with Gasteiger partial charge in [-0.05, 0) is 18.1 Å². The highest BCUT2D eigenvalue weighted by atomic mass is 16.6. The molecule has 1 aliphatic heterocycles. The summed E-state index contributed by atoms with van der Waals surface area (Å²) in [6.45, 7) is 6.60. The van der Waals surface area contributed by atoms with Crippen molar-refractivity contribution in [3.63, 3.8) is 0 Å². The van der Waals surface area contributed by atoms with E-state index in [-0.39, 0.29) is 17.4 Å². The summed E-state index contributed by atoms with van der Waals surface area (Å²) in [4.78, 5) is 24.2. The summed E-state index contributed by atoms with van der Waals surface area (Å²) in [5, 5.41) is 0. The van der Waals surface area contributed by atoms with Gasteiger partial charge in [0.2, 0.25) is 0 Å². The molecule has 3 rings (SSSR count). The predicted molar refractivity (Wildman–Crippen MR) is 94.4 cm³/mol. The first-order valence-electron chi connectivity index (χ1n) is 8.21. The van der Waals surface area contributed by atoms with Crippen LogP contribution in [0.4, 0.5) is 0 Å². The van der Waals surface area contributed by atoms with Gasteiger partial charge in [0.05, 0.1) is 13.2 Å². The van der Waals surface area contributed by atoms with E-state index >= 15 is 0 Å². The molecule has 1 aromatic carbocycles. The second kappa shape index (κ2) is 7.21. The molecule has 1 aliphatic rings. The molecule has 1 saturated heterocycles. The minimum Gasteiger partial charge on any atom is -0.374 e. The van der Waals surface area contributed by atoms with E-state index < -0.39 is 6.23 Å². The van der Waals surface area contributed by atoms with Crippen LogP contribution in [0.1, 0.15) is 23.8 Å².